The SMILES string of the molecule is CC1(C)CC2OC2C(CC2CCC3OC3C2)=C1C(=O)O. The van der Waals surface area contributed by atoms with Crippen LogP contribution in [0.1, 0.15) is 46.0 Å². The molecule has 0 aromatic heterocycles. The van der Waals surface area contributed by atoms with Crippen LogP contribution in [0.5, 0.6) is 0 Å². The van der Waals surface area contributed by atoms with Crippen LogP contribution in [0.2, 0.25) is 0 Å². The lowest BCUT2D eigenvalue weighted by atomic mass is 9.70. The molecule has 2 saturated heterocycles. The molecule has 1 N–H and O–H groups in total. The Morgan fingerprint density at radius 1 is 1.25 bits per heavy atom. The molecule has 3 fully saturated rings. The van der Waals surface area contributed by atoms with E-state index >= 15 is 0 Å². The highest BCUT2D eigenvalue weighted by Crippen LogP contribution is 2.52. The predicted molar refractivity (Wildman–Crippen MR) is 72.3 cm³/mol. The van der Waals surface area contributed by atoms with Gasteiger partial charge in [-0.25, -0.2) is 4.79 Å². The van der Waals surface area contributed by atoms with Crippen LogP contribution in [-0.2, 0) is 14.3 Å². The van der Waals surface area contributed by atoms with Crippen molar-refractivity contribution in [2.45, 2.75) is 70.4 Å². The second-order valence-electron chi connectivity index (χ2n) is 7.48. The number of carboxylic acid groups (broad SMARTS) is 1. The van der Waals surface area contributed by atoms with Crippen LogP contribution in [0.3, 0.4) is 0 Å². The number of carboxylic acids is 1. The normalized spacial score (nSPS) is 44.6. The maximum absolute atomic E-state index is 11.7. The largest absolute Gasteiger partial charge is 0.478 e. The third-order valence-corrected chi connectivity index (χ3v) is 5.47. The molecule has 4 nitrogen and oxygen atoms in total. The van der Waals surface area contributed by atoms with Crippen molar-refractivity contribution in [1.82, 2.24) is 0 Å². The van der Waals surface area contributed by atoms with E-state index in [-0.39, 0.29) is 17.6 Å². The van der Waals surface area contributed by atoms with Gasteiger partial charge in [-0.15, -0.1) is 0 Å². The monoisotopic (exact) mass is 278 g/mol. The van der Waals surface area contributed by atoms with Gasteiger partial charge in [0, 0.05) is 5.57 Å². The molecule has 4 rings (SSSR count). The zero-order valence-corrected chi connectivity index (χ0v) is 12.1. The van der Waals surface area contributed by atoms with Gasteiger partial charge in [-0.1, -0.05) is 13.8 Å². The highest BCUT2D eigenvalue weighted by Gasteiger charge is 2.54. The van der Waals surface area contributed by atoms with Crippen molar-refractivity contribution in [3.05, 3.63) is 11.1 Å². The summed E-state index contributed by atoms with van der Waals surface area (Å²) in [6.07, 6.45) is 6.43. The molecule has 0 aromatic rings. The second-order valence-corrected chi connectivity index (χ2v) is 7.48. The molecule has 0 aromatic carbocycles. The van der Waals surface area contributed by atoms with Crippen molar-refractivity contribution in [1.29, 1.82) is 0 Å². The van der Waals surface area contributed by atoms with E-state index in [1.807, 2.05) is 13.8 Å². The average Bonchev–Trinajstić information content (AvgIpc) is 3.19. The minimum Gasteiger partial charge on any atom is -0.478 e. The fourth-order valence-electron chi connectivity index (χ4n) is 4.41. The molecule has 1 saturated carbocycles. The summed E-state index contributed by atoms with van der Waals surface area (Å²) in [4.78, 5) is 11.7. The van der Waals surface area contributed by atoms with Crippen LogP contribution in [0.25, 0.3) is 0 Å². The Morgan fingerprint density at radius 3 is 2.75 bits per heavy atom. The van der Waals surface area contributed by atoms with Crippen LogP contribution in [0.15, 0.2) is 11.1 Å². The van der Waals surface area contributed by atoms with Crippen molar-refractivity contribution < 1.29 is 19.4 Å². The van der Waals surface area contributed by atoms with Gasteiger partial charge in [0.2, 0.25) is 0 Å². The zero-order valence-electron chi connectivity index (χ0n) is 12.1. The summed E-state index contributed by atoms with van der Waals surface area (Å²) < 4.78 is 11.3. The summed E-state index contributed by atoms with van der Waals surface area (Å²) in [6, 6.07) is 0. The molecule has 2 heterocycles. The van der Waals surface area contributed by atoms with Gasteiger partial charge < -0.3 is 14.6 Å². The van der Waals surface area contributed by atoms with Gasteiger partial charge in [-0.2, -0.15) is 0 Å². The zero-order chi connectivity index (χ0) is 14.1. The fraction of sp³-hybridized carbons (Fsp3) is 0.812. The minimum absolute atomic E-state index is 0.0898. The average molecular weight is 278 g/mol. The number of hydrogen-bond acceptors (Lipinski definition) is 3. The molecule has 2 aliphatic heterocycles. The van der Waals surface area contributed by atoms with Crippen LogP contribution in [-0.4, -0.2) is 35.5 Å². The molecule has 5 unspecified atom stereocenters. The predicted octanol–water partition coefficient (Wildman–Crippen LogP) is 2.52. The maximum atomic E-state index is 11.7. The molecule has 110 valence electrons. The van der Waals surface area contributed by atoms with E-state index in [0.717, 1.165) is 37.7 Å². The first-order chi connectivity index (χ1) is 9.45. The van der Waals surface area contributed by atoms with E-state index in [9.17, 15) is 9.90 Å². The molecular weight excluding hydrogens is 256 g/mol. The first-order valence-corrected chi connectivity index (χ1v) is 7.73. The molecule has 0 amide bonds. The van der Waals surface area contributed by atoms with E-state index in [2.05, 4.69) is 0 Å². The molecule has 2 aliphatic carbocycles. The second kappa shape index (κ2) is 4.08. The van der Waals surface area contributed by atoms with Gasteiger partial charge in [0.05, 0.1) is 18.3 Å². The molecule has 5 atom stereocenters. The molecule has 0 spiro atoms. The van der Waals surface area contributed by atoms with Crippen molar-refractivity contribution in [3.63, 3.8) is 0 Å². The third-order valence-electron chi connectivity index (χ3n) is 5.47. The van der Waals surface area contributed by atoms with Crippen LogP contribution >= 0.6 is 0 Å². The molecule has 4 aliphatic rings. The lowest BCUT2D eigenvalue weighted by Gasteiger charge is -2.32. The Morgan fingerprint density at radius 2 is 2.05 bits per heavy atom. The highest BCUT2D eigenvalue weighted by atomic mass is 16.6. The van der Waals surface area contributed by atoms with Gasteiger partial charge in [0.1, 0.15) is 6.10 Å². The molecule has 20 heavy (non-hydrogen) atoms. The summed E-state index contributed by atoms with van der Waals surface area (Å²) in [6.45, 7) is 4.07. The Kier molecular flexibility index (Phi) is 2.62. The van der Waals surface area contributed by atoms with Crippen LogP contribution in [0.4, 0.5) is 0 Å². The van der Waals surface area contributed by atoms with Gasteiger partial charge in [-0.3, -0.25) is 0 Å². The van der Waals surface area contributed by atoms with Gasteiger partial charge in [0.15, 0.2) is 0 Å². The summed E-state index contributed by atoms with van der Waals surface area (Å²) in [5, 5.41) is 9.63. The molecule has 0 bridgehead atoms. The van der Waals surface area contributed by atoms with Crippen molar-refractivity contribution in [2.24, 2.45) is 11.3 Å². The highest BCUT2D eigenvalue weighted by molar-refractivity contribution is 5.90. The lowest BCUT2D eigenvalue weighted by molar-refractivity contribution is -0.134. The Bertz CT molecular complexity index is 493. The smallest absolute Gasteiger partial charge is 0.332 e. The van der Waals surface area contributed by atoms with Gasteiger partial charge in [0.25, 0.3) is 0 Å². The van der Waals surface area contributed by atoms with E-state index in [0.29, 0.717) is 23.7 Å². The van der Waals surface area contributed by atoms with Crippen molar-refractivity contribution in [2.75, 3.05) is 0 Å². The van der Waals surface area contributed by atoms with E-state index < -0.39 is 5.97 Å². The summed E-state index contributed by atoms with van der Waals surface area (Å²) >= 11 is 0. The van der Waals surface area contributed by atoms with Crippen LogP contribution in [0, 0.1) is 11.3 Å². The van der Waals surface area contributed by atoms with E-state index in [1.54, 1.807) is 0 Å². The Balaban J connectivity index is 1.60. The topological polar surface area (TPSA) is 62.4 Å². The number of hydrogen-bond donors (Lipinski definition) is 1. The summed E-state index contributed by atoms with van der Waals surface area (Å²) in [5.74, 6) is -0.183. The van der Waals surface area contributed by atoms with Crippen molar-refractivity contribution in [3.8, 4) is 0 Å². The lowest BCUT2D eigenvalue weighted by Crippen LogP contribution is -2.31. The molecular formula is C16H22O4. The number of rotatable bonds is 3. The van der Waals surface area contributed by atoms with E-state index in [4.69, 9.17) is 9.47 Å². The van der Waals surface area contributed by atoms with Gasteiger partial charge in [-0.05, 0) is 49.0 Å². The standard InChI is InChI=1S/C16H22O4/c1-16(2)7-12-14(20-12)9(13(16)15(17)18)5-8-3-4-10-11(6-8)19-10/h8,10-12,14H,3-7H2,1-2H3,(H,17,18). The number of epoxide rings is 2. The quantitative estimate of drug-likeness (QED) is 0.806. The number of fused-ring (bicyclic) bond motifs is 2. The fourth-order valence-corrected chi connectivity index (χ4v) is 4.41. The molecule has 0 radical (unpaired) electrons. The summed E-state index contributed by atoms with van der Waals surface area (Å²) in [5.41, 5.74) is 1.42. The van der Waals surface area contributed by atoms with E-state index in [1.165, 1.54) is 0 Å². The van der Waals surface area contributed by atoms with Gasteiger partial charge >= 0.3 is 5.97 Å². The minimum atomic E-state index is -0.754. The number of aliphatic carboxylic acids is 1. The van der Waals surface area contributed by atoms with Crippen molar-refractivity contribution >= 4 is 5.97 Å². The first kappa shape index (κ1) is 12.8. The number of carbonyl (C=O) groups is 1. The first-order valence-electron chi connectivity index (χ1n) is 7.73. The Labute approximate surface area is 119 Å². The Hall–Kier alpha value is -0.870. The third kappa shape index (κ3) is 2.01. The van der Waals surface area contributed by atoms with Crippen LogP contribution < -0.4 is 0 Å². The maximum Gasteiger partial charge on any atom is 0.332 e. The number of ether oxygens (including phenoxy) is 2. The molecule has 4 heteroatoms. The summed E-state index contributed by atoms with van der Waals surface area (Å²) in [7, 11) is 0.